The van der Waals surface area contributed by atoms with Crippen LogP contribution in [0.25, 0.3) is 0 Å². The molecule has 1 amide bonds. The van der Waals surface area contributed by atoms with Gasteiger partial charge in [-0.05, 0) is 48.4 Å². The highest BCUT2D eigenvalue weighted by Gasteiger charge is 2.16. The van der Waals surface area contributed by atoms with Crippen molar-refractivity contribution in [2.24, 2.45) is 0 Å². The highest BCUT2D eigenvalue weighted by molar-refractivity contribution is 5.91. The van der Waals surface area contributed by atoms with E-state index in [9.17, 15) is 9.18 Å². The van der Waals surface area contributed by atoms with Crippen molar-refractivity contribution < 1.29 is 13.9 Å². The van der Waals surface area contributed by atoms with E-state index in [-0.39, 0.29) is 24.4 Å². The zero-order valence-electron chi connectivity index (χ0n) is 12.5. The summed E-state index contributed by atoms with van der Waals surface area (Å²) >= 11 is 0. The van der Waals surface area contributed by atoms with Crippen molar-refractivity contribution in [3.8, 4) is 5.75 Å². The van der Waals surface area contributed by atoms with Crippen molar-refractivity contribution in [1.82, 2.24) is 10.9 Å². The van der Waals surface area contributed by atoms with Gasteiger partial charge in [0.15, 0.2) is 6.61 Å². The Kier molecular flexibility index (Phi) is 4.85. The summed E-state index contributed by atoms with van der Waals surface area (Å²) in [6.07, 6.45) is 1.01. The minimum atomic E-state index is -0.339. The molecule has 1 fully saturated rings. The summed E-state index contributed by atoms with van der Waals surface area (Å²) in [5.41, 5.74) is 8.12. The molecule has 23 heavy (non-hydrogen) atoms. The number of anilines is 1. The molecule has 5 nitrogen and oxygen atoms in total. The first kappa shape index (κ1) is 15.5. The second-order valence-corrected chi connectivity index (χ2v) is 5.33. The van der Waals surface area contributed by atoms with Gasteiger partial charge in [0.25, 0.3) is 5.91 Å². The predicted molar refractivity (Wildman–Crippen MR) is 85.5 cm³/mol. The van der Waals surface area contributed by atoms with Gasteiger partial charge in [-0.3, -0.25) is 15.6 Å². The van der Waals surface area contributed by atoms with Crippen LogP contribution in [0.4, 0.5) is 10.1 Å². The Morgan fingerprint density at radius 2 is 2.09 bits per heavy atom. The summed E-state index contributed by atoms with van der Waals surface area (Å²) in [4.78, 5) is 11.9. The number of amides is 1. The number of carbonyl (C=O) groups excluding carboxylic acids is 1. The zero-order valence-corrected chi connectivity index (χ0v) is 12.5. The molecule has 2 aromatic carbocycles. The molecule has 2 aromatic rings. The van der Waals surface area contributed by atoms with Crippen molar-refractivity contribution in [3.63, 3.8) is 0 Å². The maximum atomic E-state index is 12.8. The average Bonchev–Trinajstić information content (AvgIpc) is 3.09. The van der Waals surface area contributed by atoms with Crippen LogP contribution in [0.3, 0.4) is 0 Å². The standard InChI is InChI=1S/C17H18FN3O2/c18-13-4-6-15(7-5-13)23-11-17(22)20-14-3-1-2-12(10-14)16-8-9-19-21-16/h1-7,10,16,19,21H,8-9,11H2,(H,20,22). The van der Waals surface area contributed by atoms with E-state index in [1.807, 2.05) is 24.3 Å². The lowest BCUT2D eigenvalue weighted by Gasteiger charge is -2.12. The quantitative estimate of drug-likeness (QED) is 0.793. The molecule has 0 aromatic heterocycles. The minimum absolute atomic E-state index is 0.126. The summed E-state index contributed by atoms with van der Waals surface area (Å²) in [7, 11) is 0. The molecular weight excluding hydrogens is 297 g/mol. The van der Waals surface area contributed by atoms with Crippen molar-refractivity contribution >= 4 is 11.6 Å². The van der Waals surface area contributed by atoms with Gasteiger partial charge in [-0.25, -0.2) is 4.39 Å². The average molecular weight is 315 g/mol. The Labute approximate surface area is 133 Å². The van der Waals surface area contributed by atoms with Gasteiger partial charge in [-0.2, -0.15) is 0 Å². The topological polar surface area (TPSA) is 62.4 Å². The van der Waals surface area contributed by atoms with Crippen LogP contribution in [0, 0.1) is 5.82 Å². The Morgan fingerprint density at radius 3 is 2.83 bits per heavy atom. The van der Waals surface area contributed by atoms with Crippen LogP contribution in [0.15, 0.2) is 48.5 Å². The summed E-state index contributed by atoms with van der Waals surface area (Å²) in [5, 5.41) is 2.80. The predicted octanol–water partition coefficient (Wildman–Crippen LogP) is 2.38. The summed E-state index contributed by atoms with van der Waals surface area (Å²) in [5.74, 6) is -0.144. The summed E-state index contributed by atoms with van der Waals surface area (Å²) in [6, 6.07) is 13.5. The molecule has 0 aliphatic carbocycles. The first-order valence-corrected chi connectivity index (χ1v) is 7.47. The van der Waals surface area contributed by atoms with Crippen molar-refractivity contribution in [1.29, 1.82) is 0 Å². The van der Waals surface area contributed by atoms with E-state index in [4.69, 9.17) is 4.74 Å². The largest absolute Gasteiger partial charge is 0.484 e. The molecule has 1 aliphatic heterocycles. The lowest BCUT2D eigenvalue weighted by atomic mass is 10.1. The van der Waals surface area contributed by atoms with Gasteiger partial charge in [-0.15, -0.1) is 0 Å². The maximum Gasteiger partial charge on any atom is 0.262 e. The lowest BCUT2D eigenvalue weighted by Crippen LogP contribution is -2.24. The molecule has 0 radical (unpaired) electrons. The highest BCUT2D eigenvalue weighted by Crippen LogP contribution is 2.21. The molecule has 0 spiro atoms. The number of hydrogen-bond acceptors (Lipinski definition) is 4. The van der Waals surface area contributed by atoms with Crippen LogP contribution in [-0.2, 0) is 4.79 Å². The van der Waals surface area contributed by atoms with Crippen LogP contribution in [0.2, 0.25) is 0 Å². The van der Waals surface area contributed by atoms with Gasteiger partial charge in [0.1, 0.15) is 11.6 Å². The van der Waals surface area contributed by atoms with E-state index in [2.05, 4.69) is 16.2 Å². The van der Waals surface area contributed by atoms with Crippen LogP contribution in [0.5, 0.6) is 5.75 Å². The zero-order chi connectivity index (χ0) is 16.1. The number of hydrogen-bond donors (Lipinski definition) is 3. The molecule has 0 bridgehead atoms. The second-order valence-electron chi connectivity index (χ2n) is 5.33. The molecule has 1 heterocycles. The van der Waals surface area contributed by atoms with Crippen LogP contribution in [-0.4, -0.2) is 19.1 Å². The van der Waals surface area contributed by atoms with Gasteiger partial charge in [-0.1, -0.05) is 12.1 Å². The first-order chi connectivity index (χ1) is 11.2. The van der Waals surface area contributed by atoms with E-state index >= 15 is 0 Å². The fraction of sp³-hybridized carbons (Fsp3) is 0.235. The van der Waals surface area contributed by atoms with Gasteiger partial charge < -0.3 is 10.1 Å². The first-order valence-electron chi connectivity index (χ1n) is 7.47. The third kappa shape index (κ3) is 4.28. The van der Waals surface area contributed by atoms with E-state index in [0.29, 0.717) is 5.75 Å². The highest BCUT2D eigenvalue weighted by atomic mass is 19.1. The number of benzene rings is 2. The Balaban J connectivity index is 1.55. The molecule has 1 saturated heterocycles. The number of carbonyl (C=O) groups is 1. The van der Waals surface area contributed by atoms with Gasteiger partial charge in [0.05, 0.1) is 0 Å². The number of nitrogens with one attached hydrogen (secondary N) is 3. The van der Waals surface area contributed by atoms with Crippen LogP contribution >= 0.6 is 0 Å². The van der Waals surface area contributed by atoms with E-state index in [1.165, 1.54) is 24.3 Å². The molecular formula is C17H18FN3O2. The molecule has 1 aliphatic rings. The fourth-order valence-electron chi connectivity index (χ4n) is 2.44. The monoisotopic (exact) mass is 315 g/mol. The summed E-state index contributed by atoms with van der Waals surface area (Å²) < 4.78 is 18.1. The lowest BCUT2D eigenvalue weighted by molar-refractivity contribution is -0.118. The number of rotatable bonds is 5. The smallest absolute Gasteiger partial charge is 0.262 e. The van der Waals surface area contributed by atoms with Crippen LogP contribution in [0.1, 0.15) is 18.0 Å². The molecule has 3 N–H and O–H groups in total. The van der Waals surface area contributed by atoms with E-state index in [1.54, 1.807) is 0 Å². The molecule has 6 heteroatoms. The molecule has 120 valence electrons. The van der Waals surface area contributed by atoms with E-state index < -0.39 is 0 Å². The van der Waals surface area contributed by atoms with Gasteiger partial charge in [0.2, 0.25) is 0 Å². The Morgan fingerprint density at radius 1 is 1.26 bits per heavy atom. The third-order valence-corrected chi connectivity index (χ3v) is 3.59. The summed E-state index contributed by atoms with van der Waals surface area (Å²) in [6.45, 7) is 0.797. The van der Waals surface area contributed by atoms with Crippen LogP contribution < -0.4 is 20.9 Å². The van der Waals surface area contributed by atoms with Crippen molar-refractivity contribution in [3.05, 3.63) is 59.9 Å². The second kappa shape index (κ2) is 7.21. The Bertz CT molecular complexity index is 670. The molecule has 1 unspecified atom stereocenters. The SMILES string of the molecule is O=C(COc1ccc(F)cc1)Nc1cccc(C2CCNN2)c1. The van der Waals surface area contributed by atoms with Crippen molar-refractivity contribution in [2.75, 3.05) is 18.5 Å². The maximum absolute atomic E-state index is 12.8. The number of hydrazine groups is 1. The third-order valence-electron chi connectivity index (χ3n) is 3.59. The van der Waals surface area contributed by atoms with Gasteiger partial charge in [0, 0.05) is 18.3 Å². The minimum Gasteiger partial charge on any atom is -0.484 e. The number of ether oxygens (including phenoxy) is 1. The molecule has 1 atom stereocenters. The van der Waals surface area contributed by atoms with E-state index in [0.717, 1.165) is 24.2 Å². The Hall–Kier alpha value is -2.44. The van der Waals surface area contributed by atoms with Gasteiger partial charge >= 0.3 is 0 Å². The molecule has 0 saturated carbocycles. The van der Waals surface area contributed by atoms with Crippen molar-refractivity contribution in [2.45, 2.75) is 12.5 Å². The normalized spacial score (nSPS) is 17.0. The fourth-order valence-corrected chi connectivity index (χ4v) is 2.44. The number of halogens is 1. The molecule has 3 rings (SSSR count).